The van der Waals surface area contributed by atoms with Gasteiger partial charge in [0.05, 0.1) is 11.5 Å². The van der Waals surface area contributed by atoms with E-state index in [1.807, 2.05) is 0 Å². The molecule has 0 spiro atoms. The number of non-ortho nitro benzene ring substituents is 1. The van der Waals surface area contributed by atoms with Gasteiger partial charge in [-0.25, -0.2) is 9.42 Å². The van der Waals surface area contributed by atoms with Crippen LogP contribution in [-0.4, -0.2) is 27.8 Å². The average Bonchev–Trinajstić information content (AvgIpc) is 2.92. The summed E-state index contributed by atoms with van der Waals surface area (Å²) >= 11 is 0. The molecule has 0 aliphatic rings. The molecule has 2 rings (SSSR count). The van der Waals surface area contributed by atoms with E-state index < -0.39 is 10.9 Å². The molecule has 0 amide bonds. The van der Waals surface area contributed by atoms with E-state index >= 15 is 0 Å². The third kappa shape index (κ3) is 2.79. The number of aromatic nitrogens is 2. The lowest BCUT2D eigenvalue weighted by molar-refractivity contribution is -0.383. The molecular weight excluding hydrogens is 266 g/mol. The monoisotopic (exact) mass is 277 g/mol. The molecule has 0 N–H and O–H groups in total. The number of rotatable bonds is 6. The molecular formula is C12H11N3O5. The Kier molecular flexibility index (Phi) is 4.04. The van der Waals surface area contributed by atoms with Crippen molar-refractivity contribution in [2.75, 3.05) is 6.61 Å². The van der Waals surface area contributed by atoms with E-state index in [-0.39, 0.29) is 17.8 Å². The first kappa shape index (κ1) is 13.7. The number of nitro groups is 1. The van der Waals surface area contributed by atoms with Crippen LogP contribution in [0.15, 0.2) is 29.4 Å². The molecule has 0 saturated carbocycles. The van der Waals surface area contributed by atoms with Crippen LogP contribution in [-0.2, 0) is 16.0 Å². The normalized spacial score (nSPS) is 10.4. The van der Waals surface area contributed by atoms with E-state index in [2.05, 4.69) is 21.5 Å². The lowest BCUT2D eigenvalue weighted by atomic mass is 10.1. The van der Waals surface area contributed by atoms with Gasteiger partial charge in [-0.2, -0.15) is 0 Å². The lowest BCUT2D eigenvalue weighted by Gasteiger charge is -2.03. The molecule has 0 aliphatic carbocycles. The minimum absolute atomic E-state index is 0.121. The summed E-state index contributed by atoms with van der Waals surface area (Å²) < 4.78 is 9.40. The average molecular weight is 277 g/mol. The van der Waals surface area contributed by atoms with E-state index in [9.17, 15) is 14.9 Å². The van der Waals surface area contributed by atoms with Crippen LogP contribution in [0.25, 0.3) is 11.0 Å². The Balaban J connectivity index is 2.10. The molecule has 0 aliphatic heterocycles. The molecule has 1 aromatic heterocycles. The van der Waals surface area contributed by atoms with Crippen molar-refractivity contribution >= 4 is 22.7 Å². The second-order valence-electron chi connectivity index (χ2n) is 3.94. The third-order valence-corrected chi connectivity index (χ3v) is 2.68. The number of ether oxygens (including phenoxy) is 1. The Hall–Kier alpha value is -2.77. The van der Waals surface area contributed by atoms with E-state index in [1.165, 1.54) is 6.07 Å². The highest BCUT2D eigenvalue weighted by atomic mass is 16.6. The van der Waals surface area contributed by atoms with Crippen molar-refractivity contribution in [1.29, 1.82) is 0 Å². The van der Waals surface area contributed by atoms with Gasteiger partial charge in [-0.3, -0.25) is 10.1 Å². The van der Waals surface area contributed by atoms with Crippen LogP contribution in [0.1, 0.15) is 12.0 Å². The molecule has 0 atom stereocenters. The van der Waals surface area contributed by atoms with Crippen molar-refractivity contribution in [1.82, 2.24) is 10.3 Å². The maximum Gasteiger partial charge on any atom is 0.330 e. The molecule has 2 aromatic rings. The second kappa shape index (κ2) is 5.91. The van der Waals surface area contributed by atoms with Gasteiger partial charge in [0.25, 0.3) is 0 Å². The van der Waals surface area contributed by atoms with E-state index in [1.54, 1.807) is 6.07 Å². The molecule has 0 saturated heterocycles. The highest BCUT2D eigenvalue weighted by Crippen LogP contribution is 2.26. The first-order chi connectivity index (χ1) is 9.63. The summed E-state index contributed by atoms with van der Waals surface area (Å²) in [4.78, 5) is 21.1. The van der Waals surface area contributed by atoms with Crippen molar-refractivity contribution in [2.24, 2.45) is 0 Å². The van der Waals surface area contributed by atoms with Gasteiger partial charge in [-0.15, -0.1) is 0 Å². The van der Waals surface area contributed by atoms with Crippen molar-refractivity contribution < 1.29 is 19.1 Å². The summed E-state index contributed by atoms with van der Waals surface area (Å²) in [5.41, 5.74) is 1.08. The topological polar surface area (TPSA) is 108 Å². The lowest BCUT2D eigenvalue weighted by Crippen LogP contribution is -2.03. The van der Waals surface area contributed by atoms with Crippen LogP contribution in [0.2, 0.25) is 0 Å². The fraction of sp³-hybridized carbons (Fsp3) is 0.250. The van der Waals surface area contributed by atoms with Gasteiger partial charge >= 0.3 is 11.7 Å². The van der Waals surface area contributed by atoms with Crippen LogP contribution < -0.4 is 0 Å². The van der Waals surface area contributed by atoms with Crippen molar-refractivity contribution in [2.45, 2.75) is 12.8 Å². The second-order valence-corrected chi connectivity index (χ2v) is 3.94. The molecule has 0 fully saturated rings. The summed E-state index contributed by atoms with van der Waals surface area (Å²) in [5.74, 6) is -0.484. The Labute approximate surface area is 113 Å². The number of esters is 1. The van der Waals surface area contributed by atoms with Crippen LogP contribution in [0, 0.1) is 10.1 Å². The quantitative estimate of drug-likeness (QED) is 0.260. The van der Waals surface area contributed by atoms with Crippen LogP contribution in [0.5, 0.6) is 0 Å². The Morgan fingerprint density at radius 3 is 2.90 bits per heavy atom. The van der Waals surface area contributed by atoms with Crippen LogP contribution in [0.3, 0.4) is 0 Å². The molecule has 20 heavy (non-hydrogen) atoms. The summed E-state index contributed by atoms with van der Waals surface area (Å²) in [6.07, 6.45) is 2.18. The smallest absolute Gasteiger partial charge is 0.330 e. The molecule has 0 unspecified atom stereocenters. The first-order valence-electron chi connectivity index (χ1n) is 5.81. The van der Waals surface area contributed by atoms with Gasteiger partial charge in [0, 0.05) is 12.1 Å². The Morgan fingerprint density at radius 1 is 1.45 bits per heavy atom. The molecule has 1 aromatic carbocycles. The SMILES string of the molecule is C=CC(=O)OCCCc1ccc([N+](=O)[O-])c2nonc12. The predicted molar refractivity (Wildman–Crippen MR) is 67.9 cm³/mol. The van der Waals surface area contributed by atoms with Crippen molar-refractivity contribution in [3.8, 4) is 0 Å². The zero-order valence-electron chi connectivity index (χ0n) is 10.4. The Bertz CT molecular complexity index is 664. The Morgan fingerprint density at radius 2 is 2.20 bits per heavy atom. The number of aryl methyl sites for hydroxylation is 1. The minimum atomic E-state index is -0.540. The highest BCUT2D eigenvalue weighted by Gasteiger charge is 2.19. The van der Waals surface area contributed by atoms with Crippen molar-refractivity contribution in [3.05, 3.63) is 40.5 Å². The van der Waals surface area contributed by atoms with Crippen LogP contribution >= 0.6 is 0 Å². The third-order valence-electron chi connectivity index (χ3n) is 2.68. The summed E-state index contributed by atoms with van der Waals surface area (Å²) in [6, 6.07) is 2.96. The zero-order valence-corrected chi connectivity index (χ0v) is 10.4. The van der Waals surface area contributed by atoms with E-state index in [4.69, 9.17) is 4.74 Å². The number of hydrogen-bond acceptors (Lipinski definition) is 7. The molecule has 1 heterocycles. The fourth-order valence-corrected chi connectivity index (χ4v) is 1.75. The number of nitrogens with zero attached hydrogens (tertiary/aromatic N) is 3. The molecule has 0 bridgehead atoms. The number of carbonyl (C=O) groups excluding carboxylic acids is 1. The maximum atomic E-state index is 10.9. The largest absolute Gasteiger partial charge is 0.463 e. The number of hydrogen-bond donors (Lipinski definition) is 0. The van der Waals surface area contributed by atoms with Crippen molar-refractivity contribution in [3.63, 3.8) is 0 Å². The fourth-order valence-electron chi connectivity index (χ4n) is 1.75. The van der Waals surface area contributed by atoms with Gasteiger partial charge in [0.15, 0.2) is 0 Å². The van der Waals surface area contributed by atoms with Gasteiger partial charge in [-0.1, -0.05) is 6.58 Å². The van der Waals surface area contributed by atoms with Gasteiger partial charge in [0.2, 0.25) is 5.52 Å². The summed E-state index contributed by atoms with van der Waals surface area (Å²) in [6.45, 7) is 3.52. The predicted octanol–water partition coefficient (Wildman–Crippen LogP) is 1.79. The summed E-state index contributed by atoms with van der Waals surface area (Å²) in [7, 11) is 0. The first-order valence-corrected chi connectivity index (χ1v) is 5.81. The minimum Gasteiger partial charge on any atom is -0.463 e. The van der Waals surface area contributed by atoms with E-state index in [0.29, 0.717) is 18.4 Å². The molecule has 0 radical (unpaired) electrons. The number of benzene rings is 1. The zero-order chi connectivity index (χ0) is 14.5. The molecule has 8 nitrogen and oxygen atoms in total. The van der Waals surface area contributed by atoms with Gasteiger partial charge in [0.1, 0.15) is 5.52 Å². The molecule has 104 valence electrons. The number of nitro benzene ring substituents is 1. The standard InChI is InChI=1S/C12H11N3O5/c1-2-10(16)19-7-3-4-8-5-6-9(15(17)18)12-11(8)13-20-14-12/h2,5-6H,1,3-4,7H2. The molecule has 8 heteroatoms. The maximum absolute atomic E-state index is 10.9. The summed E-state index contributed by atoms with van der Waals surface area (Å²) in [5, 5.41) is 18.0. The van der Waals surface area contributed by atoms with E-state index in [0.717, 1.165) is 11.6 Å². The number of carbonyl (C=O) groups is 1. The van der Waals surface area contributed by atoms with Gasteiger partial charge < -0.3 is 4.74 Å². The highest BCUT2D eigenvalue weighted by molar-refractivity contribution is 5.85. The number of fused-ring (bicyclic) bond motifs is 1. The van der Waals surface area contributed by atoms with Crippen LogP contribution in [0.4, 0.5) is 5.69 Å². The van der Waals surface area contributed by atoms with Gasteiger partial charge in [-0.05, 0) is 34.8 Å².